The third kappa shape index (κ3) is 5.23. The van der Waals surface area contributed by atoms with Crippen LogP contribution in [0.15, 0.2) is 18.2 Å². The zero-order chi connectivity index (χ0) is 25.1. The van der Waals surface area contributed by atoms with Crippen molar-refractivity contribution < 1.29 is 19.2 Å². The first-order valence-electron chi connectivity index (χ1n) is 13.5. The molecule has 1 aromatic rings. The van der Waals surface area contributed by atoms with E-state index in [0.717, 1.165) is 74.9 Å². The molecule has 4 aliphatic heterocycles. The summed E-state index contributed by atoms with van der Waals surface area (Å²) in [5.41, 5.74) is 1.67. The Labute approximate surface area is 212 Å². The number of nitrogens with zero attached hydrogens (tertiary/aromatic N) is 3. The number of aryl methyl sites for hydroxylation is 1. The first-order valence-corrected chi connectivity index (χ1v) is 13.5. The average Bonchev–Trinajstić information content (AvgIpc) is 3.15. The largest absolute Gasteiger partial charge is 0.317 e. The zero-order valence-corrected chi connectivity index (χ0v) is 21.0. The molecular formula is C27H37N5O4. The molecule has 3 saturated heterocycles. The van der Waals surface area contributed by atoms with Crippen molar-refractivity contribution in [2.24, 2.45) is 0 Å². The summed E-state index contributed by atoms with van der Waals surface area (Å²) in [5, 5.41) is 5.70. The van der Waals surface area contributed by atoms with Crippen LogP contribution in [0.3, 0.4) is 0 Å². The minimum absolute atomic E-state index is 0.129. The molecule has 0 bridgehead atoms. The van der Waals surface area contributed by atoms with Crippen LogP contribution in [0.2, 0.25) is 0 Å². The highest BCUT2D eigenvalue weighted by Gasteiger charge is 2.45. The van der Waals surface area contributed by atoms with Crippen LogP contribution in [0.5, 0.6) is 0 Å². The topological polar surface area (TPSA) is 102 Å². The Kier molecular flexibility index (Phi) is 7.79. The van der Waals surface area contributed by atoms with Gasteiger partial charge in [-0.2, -0.15) is 0 Å². The van der Waals surface area contributed by atoms with E-state index in [1.54, 1.807) is 6.07 Å². The van der Waals surface area contributed by atoms with E-state index in [1.807, 2.05) is 12.1 Å². The van der Waals surface area contributed by atoms with Crippen LogP contribution in [-0.2, 0) is 16.0 Å². The minimum Gasteiger partial charge on any atom is -0.317 e. The highest BCUT2D eigenvalue weighted by Crippen LogP contribution is 2.30. The third-order valence-electron chi connectivity index (χ3n) is 8.21. The molecule has 5 rings (SSSR count). The highest BCUT2D eigenvalue weighted by atomic mass is 16.2. The van der Waals surface area contributed by atoms with Gasteiger partial charge >= 0.3 is 0 Å². The van der Waals surface area contributed by atoms with Crippen molar-refractivity contribution in [3.63, 3.8) is 0 Å². The SMILES string of the molecule is O=C1CCC(N2C(=O)c3cccc(CCCCCN4CCN(C5CCNCC5)CC4)c3C2=O)C(=O)N1. The van der Waals surface area contributed by atoms with E-state index >= 15 is 0 Å². The molecule has 4 aliphatic rings. The van der Waals surface area contributed by atoms with Crippen LogP contribution in [0, 0.1) is 0 Å². The molecule has 0 saturated carbocycles. The maximum absolute atomic E-state index is 13.2. The number of fused-ring (bicyclic) bond motifs is 1. The summed E-state index contributed by atoms with van der Waals surface area (Å²) in [7, 11) is 0. The van der Waals surface area contributed by atoms with Gasteiger partial charge in [-0.15, -0.1) is 0 Å². The quantitative estimate of drug-likeness (QED) is 0.412. The van der Waals surface area contributed by atoms with E-state index in [-0.39, 0.29) is 18.7 Å². The fraction of sp³-hybridized carbons (Fsp3) is 0.630. The average molecular weight is 496 g/mol. The Morgan fingerprint density at radius 1 is 0.861 bits per heavy atom. The zero-order valence-electron chi connectivity index (χ0n) is 21.0. The fourth-order valence-corrected chi connectivity index (χ4v) is 6.14. The number of amides is 4. The van der Waals surface area contributed by atoms with E-state index in [4.69, 9.17) is 0 Å². The monoisotopic (exact) mass is 495 g/mol. The Hall–Kier alpha value is -2.62. The molecule has 0 spiro atoms. The number of nitrogens with one attached hydrogen (secondary N) is 2. The summed E-state index contributed by atoms with van der Waals surface area (Å²) >= 11 is 0. The van der Waals surface area contributed by atoms with Crippen molar-refractivity contribution >= 4 is 23.6 Å². The van der Waals surface area contributed by atoms with Crippen molar-refractivity contribution in [2.45, 2.75) is 63.5 Å². The third-order valence-corrected chi connectivity index (χ3v) is 8.21. The Balaban J connectivity index is 1.09. The molecule has 4 amide bonds. The summed E-state index contributed by atoms with van der Waals surface area (Å²) in [4.78, 5) is 56.3. The number of imide groups is 2. The van der Waals surface area contributed by atoms with Crippen molar-refractivity contribution in [3.05, 3.63) is 34.9 Å². The van der Waals surface area contributed by atoms with E-state index in [0.29, 0.717) is 11.1 Å². The summed E-state index contributed by atoms with van der Waals surface area (Å²) < 4.78 is 0. The van der Waals surface area contributed by atoms with E-state index in [2.05, 4.69) is 20.4 Å². The Bertz CT molecular complexity index is 1010. The van der Waals surface area contributed by atoms with Crippen molar-refractivity contribution in [1.82, 2.24) is 25.3 Å². The molecule has 9 heteroatoms. The molecule has 9 nitrogen and oxygen atoms in total. The number of unbranched alkanes of at least 4 members (excludes halogenated alkanes) is 2. The van der Waals surface area contributed by atoms with Crippen LogP contribution >= 0.6 is 0 Å². The van der Waals surface area contributed by atoms with Crippen LogP contribution in [0.1, 0.15) is 71.2 Å². The predicted molar refractivity (Wildman–Crippen MR) is 135 cm³/mol. The molecule has 0 aliphatic carbocycles. The van der Waals surface area contributed by atoms with Gasteiger partial charge in [0.1, 0.15) is 6.04 Å². The lowest BCUT2D eigenvalue weighted by Crippen LogP contribution is -2.54. The number of rotatable bonds is 8. The van der Waals surface area contributed by atoms with Crippen molar-refractivity contribution in [1.29, 1.82) is 0 Å². The molecule has 4 heterocycles. The van der Waals surface area contributed by atoms with Gasteiger partial charge in [0.15, 0.2) is 0 Å². The van der Waals surface area contributed by atoms with Crippen molar-refractivity contribution in [3.8, 4) is 0 Å². The molecular weight excluding hydrogens is 458 g/mol. The number of piperazine rings is 1. The maximum Gasteiger partial charge on any atom is 0.262 e. The lowest BCUT2D eigenvalue weighted by atomic mass is 9.98. The normalized spacial score (nSPS) is 24.3. The van der Waals surface area contributed by atoms with E-state index in [1.165, 1.54) is 25.9 Å². The lowest BCUT2D eigenvalue weighted by Gasteiger charge is -2.40. The van der Waals surface area contributed by atoms with Gasteiger partial charge in [0.05, 0.1) is 11.1 Å². The van der Waals surface area contributed by atoms with Crippen LogP contribution in [-0.4, -0.2) is 96.2 Å². The summed E-state index contributed by atoms with van der Waals surface area (Å²) in [5.74, 6) is -1.78. The Morgan fingerprint density at radius 2 is 1.64 bits per heavy atom. The predicted octanol–water partition coefficient (Wildman–Crippen LogP) is 1.17. The number of benzene rings is 1. The second-order valence-corrected chi connectivity index (χ2v) is 10.5. The van der Waals surface area contributed by atoms with Crippen LogP contribution in [0.25, 0.3) is 0 Å². The highest BCUT2D eigenvalue weighted by molar-refractivity contribution is 6.24. The second kappa shape index (κ2) is 11.2. The number of carbonyl (C=O) groups excluding carboxylic acids is 4. The number of piperidine rings is 2. The van der Waals surface area contributed by atoms with Gasteiger partial charge in [-0.05, 0) is 69.8 Å². The molecule has 194 valence electrons. The molecule has 1 atom stereocenters. The van der Waals surface area contributed by atoms with Crippen LogP contribution < -0.4 is 10.6 Å². The number of hydrogen-bond acceptors (Lipinski definition) is 7. The molecule has 3 fully saturated rings. The molecule has 1 unspecified atom stereocenters. The molecule has 2 N–H and O–H groups in total. The number of hydrogen-bond donors (Lipinski definition) is 2. The lowest BCUT2D eigenvalue weighted by molar-refractivity contribution is -0.136. The van der Waals surface area contributed by atoms with Gasteiger partial charge in [0.2, 0.25) is 11.8 Å². The molecule has 36 heavy (non-hydrogen) atoms. The fourth-order valence-electron chi connectivity index (χ4n) is 6.14. The van der Waals surface area contributed by atoms with Gasteiger partial charge in [0, 0.05) is 38.6 Å². The van der Waals surface area contributed by atoms with E-state index in [9.17, 15) is 19.2 Å². The molecule has 0 radical (unpaired) electrons. The number of carbonyl (C=O) groups is 4. The molecule has 1 aromatic carbocycles. The first-order chi connectivity index (χ1) is 17.5. The standard InChI is InChI=1S/C27H37N5O4/c33-23-9-8-22(25(34)29-23)32-26(35)21-7-4-6-19(24(21)27(32)36)5-2-1-3-14-30-15-17-31(18-16-30)20-10-12-28-13-11-20/h4,6-7,20,22,28H,1-3,5,8-18H2,(H,29,33,34). The maximum atomic E-state index is 13.2. The summed E-state index contributed by atoms with van der Waals surface area (Å²) in [6, 6.07) is 5.22. The van der Waals surface area contributed by atoms with Gasteiger partial charge in [-0.3, -0.25) is 34.3 Å². The summed E-state index contributed by atoms with van der Waals surface area (Å²) in [6.45, 7) is 8.01. The second-order valence-electron chi connectivity index (χ2n) is 10.5. The van der Waals surface area contributed by atoms with Crippen LogP contribution in [0.4, 0.5) is 0 Å². The smallest absolute Gasteiger partial charge is 0.262 e. The first kappa shape index (κ1) is 25.0. The molecule has 0 aromatic heterocycles. The van der Waals surface area contributed by atoms with Gasteiger partial charge < -0.3 is 10.2 Å². The Morgan fingerprint density at radius 3 is 2.39 bits per heavy atom. The minimum atomic E-state index is -0.918. The van der Waals surface area contributed by atoms with Gasteiger partial charge in [-0.1, -0.05) is 18.6 Å². The summed E-state index contributed by atoms with van der Waals surface area (Å²) in [6.07, 6.45) is 6.71. The van der Waals surface area contributed by atoms with Gasteiger partial charge in [-0.25, -0.2) is 0 Å². The van der Waals surface area contributed by atoms with E-state index < -0.39 is 23.8 Å². The van der Waals surface area contributed by atoms with Crippen molar-refractivity contribution in [2.75, 3.05) is 45.8 Å². The van der Waals surface area contributed by atoms with Gasteiger partial charge in [0.25, 0.3) is 11.8 Å².